The standard InChI is InChI=1S/C26H23ClN2O3/c27-20-11-5-4-10-19(20)15-17-24(30)28-22(16-14-18-8-2-1-3-9-18)25(31)26-29-21-12-6-7-13-23(21)32-26/h1-13,22H,14-17H2,(H,28,30)/t22-/m0/s1. The number of rotatable bonds is 9. The highest BCUT2D eigenvalue weighted by atomic mass is 35.5. The third-order valence-electron chi connectivity index (χ3n) is 5.30. The molecule has 0 spiro atoms. The van der Waals surface area contributed by atoms with E-state index in [-0.39, 0.29) is 24.0 Å². The van der Waals surface area contributed by atoms with E-state index < -0.39 is 6.04 Å². The van der Waals surface area contributed by atoms with Crippen LogP contribution in [-0.4, -0.2) is 22.7 Å². The Balaban J connectivity index is 1.48. The van der Waals surface area contributed by atoms with Gasteiger partial charge in [0.15, 0.2) is 5.58 Å². The predicted molar refractivity (Wildman–Crippen MR) is 125 cm³/mol. The summed E-state index contributed by atoms with van der Waals surface area (Å²) in [5.74, 6) is -0.536. The lowest BCUT2D eigenvalue weighted by atomic mass is 10.0. The first-order valence-corrected chi connectivity index (χ1v) is 10.9. The molecule has 0 aliphatic rings. The second-order valence-corrected chi connectivity index (χ2v) is 7.99. The molecule has 4 aromatic rings. The summed E-state index contributed by atoms with van der Waals surface area (Å²) in [4.78, 5) is 30.2. The number of carbonyl (C=O) groups excluding carboxylic acids is 2. The van der Waals surface area contributed by atoms with Gasteiger partial charge in [-0.3, -0.25) is 9.59 Å². The van der Waals surface area contributed by atoms with Gasteiger partial charge in [0, 0.05) is 11.4 Å². The maximum absolute atomic E-state index is 13.2. The molecule has 0 bridgehead atoms. The van der Waals surface area contributed by atoms with E-state index in [1.54, 1.807) is 18.2 Å². The average molecular weight is 447 g/mol. The van der Waals surface area contributed by atoms with E-state index in [2.05, 4.69) is 10.3 Å². The molecule has 4 rings (SSSR count). The highest BCUT2D eigenvalue weighted by Gasteiger charge is 2.26. The van der Waals surface area contributed by atoms with Gasteiger partial charge in [-0.2, -0.15) is 0 Å². The van der Waals surface area contributed by atoms with Crippen molar-refractivity contribution in [3.8, 4) is 0 Å². The highest BCUT2D eigenvalue weighted by molar-refractivity contribution is 6.31. The van der Waals surface area contributed by atoms with Crippen LogP contribution in [0.1, 0.15) is 34.7 Å². The van der Waals surface area contributed by atoms with Gasteiger partial charge in [0.2, 0.25) is 11.7 Å². The largest absolute Gasteiger partial charge is 0.434 e. The van der Waals surface area contributed by atoms with Gasteiger partial charge in [-0.1, -0.05) is 72.3 Å². The van der Waals surface area contributed by atoms with Crippen LogP contribution in [-0.2, 0) is 17.6 Å². The van der Waals surface area contributed by atoms with Gasteiger partial charge in [-0.05, 0) is 48.6 Å². The number of nitrogens with one attached hydrogen (secondary N) is 1. The molecule has 32 heavy (non-hydrogen) atoms. The number of aromatic nitrogens is 1. The predicted octanol–water partition coefficient (Wildman–Crippen LogP) is 5.41. The molecule has 162 valence electrons. The van der Waals surface area contributed by atoms with Gasteiger partial charge in [-0.25, -0.2) is 4.98 Å². The lowest BCUT2D eigenvalue weighted by Gasteiger charge is -2.16. The molecule has 3 aromatic carbocycles. The number of benzene rings is 3. The third kappa shape index (κ3) is 5.42. The summed E-state index contributed by atoms with van der Waals surface area (Å²) in [5.41, 5.74) is 3.15. The van der Waals surface area contributed by atoms with Gasteiger partial charge in [0.1, 0.15) is 5.52 Å². The van der Waals surface area contributed by atoms with Gasteiger partial charge in [0.05, 0.1) is 6.04 Å². The normalized spacial score (nSPS) is 11.9. The van der Waals surface area contributed by atoms with E-state index >= 15 is 0 Å². The van der Waals surface area contributed by atoms with Crippen molar-refractivity contribution in [2.75, 3.05) is 0 Å². The van der Waals surface area contributed by atoms with Crippen LogP contribution in [0.4, 0.5) is 0 Å². The van der Waals surface area contributed by atoms with Crippen LogP contribution in [0.25, 0.3) is 11.1 Å². The van der Waals surface area contributed by atoms with Gasteiger partial charge < -0.3 is 9.73 Å². The smallest absolute Gasteiger partial charge is 0.266 e. The van der Waals surface area contributed by atoms with Crippen LogP contribution < -0.4 is 5.32 Å². The van der Waals surface area contributed by atoms with Crippen molar-refractivity contribution in [2.24, 2.45) is 0 Å². The Labute approximate surface area is 191 Å². The van der Waals surface area contributed by atoms with Crippen molar-refractivity contribution < 1.29 is 14.0 Å². The summed E-state index contributed by atoms with van der Waals surface area (Å²) in [5, 5.41) is 3.52. The molecule has 5 nitrogen and oxygen atoms in total. The molecule has 0 saturated heterocycles. The molecule has 0 saturated carbocycles. The molecule has 1 aromatic heterocycles. The maximum atomic E-state index is 13.2. The Kier molecular flexibility index (Phi) is 6.97. The van der Waals surface area contributed by atoms with E-state index in [0.29, 0.717) is 35.4 Å². The number of hydrogen-bond donors (Lipinski definition) is 1. The first-order valence-electron chi connectivity index (χ1n) is 10.6. The van der Waals surface area contributed by atoms with Crippen molar-refractivity contribution in [1.29, 1.82) is 0 Å². The monoisotopic (exact) mass is 446 g/mol. The lowest BCUT2D eigenvalue weighted by Crippen LogP contribution is -2.41. The number of ketones is 1. The van der Waals surface area contributed by atoms with Gasteiger partial charge >= 0.3 is 0 Å². The zero-order valence-corrected chi connectivity index (χ0v) is 18.2. The summed E-state index contributed by atoms with van der Waals surface area (Å²) >= 11 is 6.19. The second kappa shape index (κ2) is 10.2. The fourth-order valence-electron chi connectivity index (χ4n) is 3.57. The molecule has 1 amide bonds. The number of oxazole rings is 1. The van der Waals surface area contributed by atoms with Crippen molar-refractivity contribution >= 4 is 34.4 Å². The van der Waals surface area contributed by atoms with E-state index in [1.807, 2.05) is 60.7 Å². The molecule has 0 aliphatic carbocycles. The number of nitrogens with zero attached hydrogens (tertiary/aromatic N) is 1. The molecule has 1 heterocycles. The summed E-state index contributed by atoms with van der Waals surface area (Å²) in [6.07, 6.45) is 1.81. The minimum atomic E-state index is -0.734. The minimum Gasteiger partial charge on any atom is -0.434 e. The first kappa shape index (κ1) is 21.8. The van der Waals surface area contributed by atoms with Crippen LogP contribution in [0, 0.1) is 0 Å². The molecular weight excluding hydrogens is 424 g/mol. The van der Waals surface area contributed by atoms with E-state index in [9.17, 15) is 9.59 Å². The van der Waals surface area contributed by atoms with Crippen molar-refractivity contribution in [1.82, 2.24) is 10.3 Å². The number of fused-ring (bicyclic) bond motifs is 1. The van der Waals surface area contributed by atoms with Gasteiger partial charge in [-0.15, -0.1) is 0 Å². The molecule has 0 radical (unpaired) electrons. The van der Waals surface area contributed by atoms with Gasteiger partial charge in [0.25, 0.3) is 5.89 Å². The number of Topliss-reactive ketones (excluding diaryl/α,β-unsaturated/α-hetero) is 1. The summed E-state index contributed by atoms with van der Waals surface area (Å²) in [6.45, 7) is 0. The van der Waals surface area contributed by atoms with Crippen molar-refractivity contribution in [3.63, 3.8) is 0 Å². The van der Waals surface area contributed by atoms with Crippen LogP contribution in [0.2, 0.25) is 5.02 Å². The Bertz CT molecular complexity index is 1190. The second-order valence-electron chi connectivity index (χ2n) is 7.59. The number of halogens is 1. The SMILES string of the molecule is O=C(CCc1ccccc1Cl)N[C@@H](CCc1ccccc1)C(=O)c1nc2ccccc2o1. The summed E-state index contributed by atoms with van der Waals surface area (Å²) in [6, 6.07) is 23.8. The Morgan fingerprint density at radius 1 is 0.906 bits per heavy atom. The Morgan fingerprint density at radius 2 is 1.62 bits per heavy atom. The number of aryl methyl sites for hydroxylation is 2. The summed E-state index contributed by atoms with van der Waals surface area (Å²) in [7, 11) is 0. The van der Waals surface area contributed by atoms with Crippen molar-refractivity contribution in [2.45, 2.75) is 31.7 Å². The Morgan fingerprint density at radius 3 is 2.41 bits per heavy atom. The van der Waals surface area contributed by atoms with Crippen LogP contribution in [0.3, 0.4) is 0 Å². The number of carbonyl (C=O) groups is 2. The zero-order valence-electron chi connectivity index (χ0n) is 17.5. The van der Waals surface area contributed by atoms with E-state index in [4.69, 9.17) is 16.0 Å². The van der Waals surface area contributed by atoms with Crippen LogP contribution in [0.15, 0.2) is 83.3 Å². The number of para-hydroxylation sites is 2. The van der Waals surface area contributed by atoms with E-state index in [0.717, 1.165) is 11.1 Å². The topological polar surface area (TPSA) is 72.2 Å². The maximum Gasteiger partial charge on any atom is 0.266 e. The number of amides is 1. The van der Waals surface area contributed by atoms with Crippen LogP contribution in [0.5, 0.6) is 0 Å². The lowest BCUT2D eigenvalue weighted by molar-refractivity contribution is -0.121. The average Bonchev–Trinajstić information content (AvgIpc) is 3.26. The first-order chi connectivity index (χ1) is 15.6. The number of hydrogen-bond acceptors (Lipinski definition) is 4. The van der Waals surface area contributed by atoms with Crippen LogP contribution >= 0.6 is 11.6 Å². The molecule has 0 fully saturated rings. The molecule has 0 unspecified atom stereocenters. The molecule has 1 atom stereocenters. The zero-order chi connectivity index (χ0) is 22.3. The quantitative estimate of drug-likeness (QED) is 0.349. The molecule has 6 heteroatoms. The van der Waals surface area contributed by atoms with E-state index in [1.165, 1.54) is 0 Å². The molecule has 0 aliphatic heterocycles. The molecular formula is C26H23ClN2O3. The van der Waals surface area contributed by atoms with Crippen molar-refractivity contribution in [3.05, 3.63) is 101 Å². The fourth-order valence-corrected chi connectivity index (χ4v) is 3.80. The highest BCUT2D eigenvalue weighted by Crippen LogP contribution is 2.19. The minimum absolute atomic E-state index is 0.00988. The summed E-state index contributed by atoms with van der Waals surface area (Å²) < 4.78 is 5.66. The third-order valence-corrected chi connectivity index (χ3v) is 5.67. The Hall–Kier alpha value is -3.44. The molecule has 1 N–H and O–H groups in total. The fraction of sp³-hybridized carbons (Fsp3) is 0.192.